The van der Waals surface area contributed by atoms with Crippen molar-refractivity contribution in [1.82, 2.24) is 9.97 Å². The summed E-state index contributed by atoms with van der Waals surface area (Å²) >= 11 is 3.71. The molecular weight excluding hydrogens is 651 g/mol. The van der Waals surface area contributed by atoms with E-state index in [9.17, 15) is 0 Å². The number of para-hydroxylation sites is 2. The molecule has 0 fully saturated rings. The second-order valence-electron chi connectivity index (χ2n) is 12.9. The molecule has 0 amide bonds. The van der Waals surface area contributed by atoms with Crippen LogP contribution in [0.3, 0.4) is 0 Å². The van der Waals surface area contributed by atoms with Gasteiger partial charge in [0.05, 0.1) is 17.1 Å². The number of rotatable bonds is 5. The first-order valence-electron chi connectivity index (χ1n) is 16.7. The van der Waals surface area contributed by atoms with Crippen LogP contribution in [0.25, 0.3) is 64.6 Å². The molecule has 11 rings (SSSR count). The fourth-order valence-electron chi connectivity index (χ4n) is 7.87. The second-order valence-corrected chi connectivity index (χ2v) is 15.1. The molecular formula is C44H27N3OS2. The normalized spacial score (nSPS) is 13.9. The SMILES string of the molecule is c1c[nH]c(-c2ccc3c(c2-c2cc4ccccc4o2)C(c2cc4ccccc4s2)(c2cc4ccccc4s2)C(c2cc4ccccc4[nH]2)=N3)c1. The minimum absolute atomic E-state index is 0.763. The van der Waals surface area contributed by atoms with Gasteiger partial charge in [-0.05, 0) is 83.6 Å². The number of hydrogen-bond acceptors (Lipinski definition) is 4. The Hall–Kier alpha value is -5.95. The van der Waals surface area contributed by atoms with E-state index in [1.807, 2.05) is 41.0 Å². The Morgan fingerprint density at radius 2 is 1.26 bits per heavy atom. The summed E-state index contributed by atoms with van der Waals surface area (Å²) in [5.74, 6) is 0.826. The van der Waals surface area contributed by atoms with Gasteiger partial charge < -0.3 is 14.4 Å². The van der Waals surface area contributed by atoms with Gasteiger partial charge in [-0.25, -0.2) is 4.99 Å². The molecule has 0 spiro atoms. The Bertz CT molecular complexity index is 2740. The molecule has 1 aliphatic heterocycles. The number of hydrogen-bond donors (Lipinski definition) is 2. The standard InChI is InChI=1S/C44H27N3OS2/c1-5-14-31-26(10-1)22-34(46-31)43-44(39-24-28-12-3-7-17-37(28)49-39,40-25-29-13-4-8-18-38(29)50-40)42-33(47-43)20-19-30(32-15-9-21-45-32)41(42)36-23-27-11-2-6-16-35(27)48-36/h1-25,45-46H. The third-order valence-electron chi connectivity index (χ3n) is 10.1. The first kappa shape index (κ1) is 27.9. The maximum atomic E-state index is 6.82. The fourth-order valence-corrected chi connectivity index (χ4v) is 10.5. The number of aromatic nitrogens is 2. The zero-order valence-electron chi connectivity index (χ0n) is 26.6. The number of furan rings is 1. The number of benzene rings is 5. The van der Waals surface area contributed by atoms with Crippen molar-refractivity contribution in [2.24, 2.45) is 4.99 Å². The van der Waals surface area contributed by atoms with E-state index in [-0.39, 0.29) is 0 Å². The molecule has 0 radical (unpaired) electrons. The number of aliphatic imine (C=N–C) groups is 1. The van der Waals surface area contributed by atoms with Crippen LogP contribution in [-0.2, 0) is 5.41 Å². The lowest BCUT2D eigenvalue weighted by atomic mass is 9.70. The minimum atomic E-state index is -0.763. The van der Waals surface area contributed by atoms with Gasteiger partial charge >= 0.3 is 0 Å². The third kappa shape index (κ3) is 3.94. The van der Waals surface area contributed by atoms with Crippen LogP contribution in [-0.4, -0.2) is 15.7 Å². The highest BCUT2D eigenvalue weighted by Gasteiger charge is 2.52. The number of nitrogens with one attached hydrogen (secondary N) is 2. The average molecular weight is 678 g/mol. The molecule has 0 bridgehead atoms. The highest BCUT2D eigenvalue weighted by atomic mass is 32.1. The largest absolute Gasteiger partial charge is 0.456 e. The summed E-state index contributed by atoms with van der Waals surface area (Å²) in [6.45, 7) is 0. The van der Waals surface area contributed by atoms with E-state index in [1.165, 1.54) is 29.9 Å². The molecule has 236 valence electrons. The van der Waals surface area contributed by atoms with Crippen LogP contribution in [0.5, 0.6) is 0 Å². The monoisotopic (exact) mass is 677 g/mol. The number of nitrogens with zero attached hydrogens (tertiary/aromatic N) is 1. The van der Waals surface area contributed by atoms with Gasteiger partial charge in [-0.3, -0.25) is 0 Å². The molecule has 0 atom stereocenters. The highest BCUT2D eigenvalue weighted by molar-refractivity contribution is 7.21. The quantitative estimate of drug-likeness (QED) is 0.187. The van der Waals surface area contributed by atoms with Crippen LogP contribution in [0.15, 0.2) is 161 Å². The Morgan fingerprint density at radius 1 is 0.580 bits per heavy atom. The Labute approximate surface area is 295 Å². The summed E-state index contributed by atoms with van der Waals surface area (Å²) < 4.78 is 9.32. The first-order chi connectivity index (χ1) is 24.7. The van der Waals surface area contributed by atoms with Crippen molar-refractivity contribution >= 4 is 76.1 Å². The van der Waals surface area contributed by atoms with E-state index in [2.05, 4.69) is 143 Å². The summed E-state index contributed by atoms with van der Waals surface area (Å²) in [6.07, 6.45) is 1.99. The molecule has 5 aromatic heterocycles. The van der Waals surface area contributed by atoms with Crippen molar-refractivity contribution in [2.45, 2.75) is 5.41 Å². The van der Waals surface area contributed by atoms with Gasteiger partial charge in [-0.2, -0.15) is 0 Å². The highest BCUT2D eigenvalue weighted by Crippen LogP contribution is 2.59. The summed E-state index contributed by atoms with van der Waals surface area (Å²) in [5.41, 5.74) is 8.42. The van der Waals surface area contributed by atoms with Crippen molar-refractivity contribution in [1.29, 1.82) is 0 Å². The molecule has 50 heavy (non-hydrogen) atoms. The molecule has 6 heterocycles. The molecule has 5 aromatic carbocycles. The second kappa shape index (κ2) is 10.5. The van der Waals surface area contributed by atoms with E-state index in [1.54, 1.807) is 0 Å². The van der Waals surface area contributed by atoms with Crippen LogP contribution >= 0.6 is 22.7 Å². The molecule has 6 heteroatoms. The number of thiophene rings is 2. The number of aromatic amines is 2. The minimum Gasteiger partial charge on any atom is -0.456 e. The van der Waals surface area contributed by atoms with Gasteiger partial charge in [0, 0.05) is 64.0 Å². The van der Waals surface area contributed by atoms with Gasteiger partial charge in [-0.1, -0.05) is 72.8 Å². The molecule has 2 N–H and O–H groups in total. The average Bonchev–Trinajstić information content (AvgIpc) is 3.99. The lowest BCUT2D eigenvalue weighted by molar-refractivity contribution is 0.630. The first-order valence-corrected chi connectivity index (χ1v) is 18.3. The van der Waals surface area contributed by atoms with E-state index >= 15 is 0 Å². The Morgan fingerprint density at radius 3 is 1.94 bits per heavy atom. The van der Waals surface area contributed by atoms with E-state index in [4.69, 9.17) is 9.41 Å². The Balaban J connectivity index is 1.34. The smallest absolute Gasteiger partial charge is 0.136 e. The number of H-pyrrole nitrogens is 2. The van der Waals surface area contributed by atoms with Gasteiger partial charge in [-0.15, -0.1) is 22.7 Å². The van der Waals surface area contributed by atoms with E-state index in [0.717, 1.165) is 67.1 Å². The predicted molar refractivity (Wildman–Crippen MR) is 209 cm³/mol. The van der Waals surface area contributed by atoms with E-state index < -0.39 is 5.41 Å². The van der Waals surface area contributed by atoms with Gasteiger partial charge in [0.2, 0.25) is 0 Å². The van der Waals surface area contributed by atoms with Crippen LogP contribution in [0.4, 0.5) is 5.69 Å². The maximum Gasteiger partial charge on any atom is 0.136 e. The van der Waals surface area contributed by atoms with Gasteiger partial charge in [0.15, 0.2) is 0 Å². The Kier molecular flexibility index (Phi) is 5.88. The molecule has 1 aliphatic rings. The summed E-state index contributed by atoms with van der Waals surface area (Å²) in [4.78, 5) is 15.4. The molecule has 0 saturated heterocycles. The van der Waals surface area contributed by atoms with Crippen molar-refractivity contribution in [3.05, 3.63) is 173 Å². The van der Waals surface area contributed by atoms with Crippen molar-refractivity contribution in [3.8, 4) is 22.6 Å². The maximum absolute atomic E-state index is 6.82. The molecule has 10 aromatic rings. The summed E-state index contributed by atoms with van der Waals surface area (Å²) in [5, 5.41) is 4.68. The van der Waals surface area contributed by atoms with Crippen LogP contribution in [0.2, 0.25) is 0 Å². The zero-order valence-corrected chi connectivity index (χ0v) is 28.2. The van der Waals surface area contributed by atoms with Gasteiger partial charge in [0.1, 0.15) is 16.8 Å². The lowest BCUT2D eigenvalue weighted by Gasteiger charge is -2.32. The predicted octanol–water partition coefficient (Wildman–Crippen LogP) is 12.5. The van der Waals surface area contributed by atoms with Crippen molar-refractivity contribution in [2.75, 3.05) is 0 Å². The lowest BCUT2D eigenvalue weighted by Crippen LogP contribution is -2.36. The molecule has 4 nitrogen and oxygen atoms in total. The van der Waals surface area contributed by atoms with Crippen molar-refractivity contribution < 1.29 is 4.42 Å². The summed E-state index contributed by atoms with van der Waals surface area (Å²) in [7, 11) is 0. The zero-order chi connectivity index (χ0) is 32.8. The van der Waals surface area contributed by atoms with Crippen molar-refractivity contribution in [3.63, 3.8) is 0 Å². The summed E-state index contributed by atoms with van der Waals surface area (Å²) in [6, 6.07) is 52.0. The molecule has 0 saturated carbocycles. The van der Waals surface area contributed by atoms with Crippen LogP contribution in [0, 0.1) is 0 Å². The topological polar surface area (TPSA) is 57.1 Å². The van der Waals surface area contributed by atoms with Crippen LogP contribution in [0.1, 0.15) is 21.0 Å². The molecule has 0 aliphatic carbocycles. The van der Waals surface area contributed by atoms with E-state index in [0.29, 0.717) is 0 Å². The van der Waals surface area contributed by atoms with Gasteiger partial charge in [0.25, 0.3) is 0 Å². The third-order valence-corrected chi connectivity index (χ3v) is 12.6. The van der Waals surface area contributed by atoms with Crippen LogP contribution < -0.4 is 0 Å². The molecule has 0 unspecified atom stereocenters. The fraction of sp³-hybridized carbons (Fsp3) is 0.0227. The number of fused-ring (bicyclic) bond motifs is 5.